The maximum absolute atomic E-state index is 11.7. The molecule has 0 aliphatic carbocycles. The summed E-state index contributed by atoms with van der Waals surface area (Å²) in [6, 6.07) is 10.7. The van der Waals surface area contributed by atoms with Crippen LogP contribution in [-0.4, -0.2) is 35.7 Å². The monoisotopic (exact) mass is 315 g/mol. The predicted octanol–water partition coefficient (Wildman–Crippen LogP) is 3.32. The van der Waals surface area contributed by atoms with Crippen LogP contribution in [-0.2, 0) is 4.79 Å². The molecular weight excluding hydrogens is 294 g/mol. The van der Waals surface area contributed by atoms with Crippen molar-refractivity contribution in [3.8, 4) is 5.75 Å². The number of carboxylic acid groups (broad SMARTS) is 1. The molecule has 1 aliphatic rings. The molecule has 23 heavy (non-hydrogen) atoms. The summed E-state index contributed by atoms with van der Waals surface area (Å²) in [7, 11) is 1.63. The molecule has 2 heterocycles. The highest BCUT2D eigenvalue weighted by Gasteiger charge is 2.37. The van der Waals surface area contributed by atoms with Gasteiger partial charge in [0.25, 0.3) is 0 Å². The zero-order chi connectivity index (χ0) is 16.2. The minimum atomic E-state index is -0.781. The lowest BCUT2D eigenvalue weighted by Gasteiger charge is -2.38. The van der Waals surface area contributed by atoms with E-state index in [0.717, 1.165) is 36.5 Å². The second kappa shape index (κ2) is 6.87. The average Bonchev–Trinajstić information content (AvgIpc) is 3.10. The van der Waals surface area contributed by atoms with E-state index in [1.807, 2.05) is 41.3 Å². The highest BCUT2D eigenvalue weighted by atomic mass is 16.5. The lowest BCUT2D eigenvalue weighted by Crippen LogP contribution is -2.46. The summed E-state index contributed by atoms with van der Waals surface area (Å²) in [6.45, 7) is 0.723. The van der Waals surface area contributed by atoms with E-state index >= 15 is 0 Å². The molecule has 1 aromatic carbocycles. The van der Waals surface area contributed by atoms with Gasteiger partial charge in [-0.05, 0) is 31.0 Å². The predicted molar refractivity (Wildman–Crippen MR) is 85.5 cm³/mol. The molecule has 5 heteroatoms. The van der Waals surface area contributed by atoms with Crippen LogP contribution in [0, 0.1) is 0 Å². The van der Waals surface area contributed by atoms with E-state index in [-0.39, 0.29) is 6.04 Å². The fraction of sp³-hybridized carbons (Fsp3) is 0.389. The molecule has 1 aliphatic heterocycles. The number of carbonyl (C=O) groups is 1. The number of aliphatic carboxylic acids is 1. The third-order valence-electron chi connectivity index (χ3n) is 4.41. The van der Waals surface area contributed by atoms with E-state index in [0.29, 0.717) is 6.42 Å². The summed E-state index contributed by atoms with van der Waals surface area (Å²) >= 11 is 0. The van der Waals surface area contributed by atoms with Gasteiger partial charge in [-0.15, -0.1) is 0 Å². The third kappa shape index (κ3) is 3.10. The van der Waals surface area contributed by atoms with Crippen molar-refractivity contribution in [3.63, 3.8) is 0 Å². The maximum Gasteiger partial charge on any atom is 0.320 e. The molecule has 1 fully saturated rings. The van der Waals surface area contributed by atoms with Crippen LogP contribution in [0.25, 0.3) is 0 Å². The first-order valence-electron chi connectivity index (χ1n) is 7.87. The number of nitrogens with zero attached hydrogens (tertiary/aromatic N) is 1. The Morgan fingerprint density at radius 1 is 1.30 bits per heavy atom. The second-order valence-electron chi connectivity index (χ2n) is 5.75. The number of hydrogen-bond acceptors (Lipinski definition) is 4. The number of carboxylic acids is 1. The zero-order valence-electron chi connectivity index (χ0n) is 13.1. The van der Waals surface area contributed by atoms with Crippen LogP contribution >= 0.6 is 0 Å². The largest absolute Gasteiger partial charge is 0.496 e. The molecular formula is C18H21NO4. The van der Waals surface area contributed by atoms with E-state index in [2.05, 4.69) is 0 Å². The molecule has 0 amide bonds. The van der Waals surface area contributed by atoms with Gasteiger partial charge in [-0.3, -0.25) is 9.69 Å². The van der Waals surface area contributed by atoms with Gasteiger partial charge < -0.3 is 14.3 Å². The van der Waals surface area contributed by atoms with Crippen molar-refractivity contribution in [3.05, 3.63) is 54.0 Å². The quantitative estimate of drug-likeness (QED) is 0.917. The first-order valence-corrected chi connectivity index (χ1v) is 7.87. The lowest BCUT2D eigenvalue weighted by atomic mass is 9.94. The molecule has 1 aromatic heterocycles. The highest BCUT2D eigenvalue weighted by Crippen LogP contribution is 2.38. The SMILES string of the molecule is COc1ccccc1C(c1ccco1)N1CCCCC1C(=O)O. The second-order valence-corrected chi connectivity index (χ2v) is 5.75. The van der Waals surface area contributed by atoms with Crippen molar-refractivity contribution >= 4 is 5.97 Å². The fourth-order valence-electron chi connectivity index (χ4n) is 3.36. The molecule has 0 bridgehead atoms. The Bertz CT molecular complexity index is 653. The number of para-hydroxylation sites is 1. The third-order valence-corrected chi connectivity index (χ3v) is 4.41. The van der Waals surface area contributed by atoms with E-state index in [4.69, 9.17) is 9.15 Å². The zero-order valence-corrected chi connectivity index (χ0v) is 13.1. The Morgan fingerprint density at radius 2 is 2.13 bits per heavy atom. The fourth-order valence-corrected chi connectivity index (χ4v) is 3.36. The maximum atomic E-state index is 11.7. The van der Waals surface area contributed by atoms with Crippen LogP contribution in [0.5, 0.6) is 5.75 Å². The molecule has 2 atom stereocenters. The van der Waals surface area contributed by atoms with Gasteiger partial charge >= 0.3 is 5.97 Å². The van der Waals surface area contributed by atoms with Crippen molar-refractivity contribution in [2.75, 3.05) is 13.7 Å². The van der Waals surface area contributed by atoms with Gasteiger partial charge in [-0.25, -0.2) is 0 Å². The van der Waals surface area contributed by atoms with Gasteiger partial charge in [0.15, 0.2) is 0 Å². The first-order chi connectivity index (χ1) is 11.2. The molecule has 1 saturated heterocycles. The Morgan fingerprint density at radius 3 is 2.83 bits per heavy atom. The van der Waals surface area contributed by atoms with Crippen LogP contribution in [0.3, 0.4) is 0 Å². The molecule has 2 aromatic rings. The number of methoxy groups -OCH3 is 1. The highest BCUT2D eigenvalue weighted by molar-refractivity contribution is 5.73. The van der Waals surface area contributed by atoms with Crippen molar-refractivity contribution in [2.24, 2.45) is 0 Å². The minimum absolute atomic E-state index is 0.262. The summed E-state index contributed by atoms with van der Waals surface area (Å²) in [5.74, 6) is 0.697. The Hall–Kier alpha value is -2.27. The smallest absolute Gasteiger partial charge is 0.320 e. The minimum Gasteiger partial charge on any atom is -0.496 e. The van der Waals surface area contributed by atoms with Gasteiger partial charge in [0.05, 0.1) is 19.4 Å². The Kier molecular flexibility index (Phi) is 4.67. The summed E-state index contributed by atoms with van der Waals surface area (Å²) < 4.78 is 11.1. The van der Waals surface area contributed by atoms with E-state index < -0.39 is 12.0 Å². The number of ether oxygens (including phenoxy) is 1. The van der Waals surface area contributed by atoms with Gasteiger partial charge in [0.1, 0.15) is 17.6 Å². The number of hydrogen-bond donors (Lipinski definition) is 1. The number of likely N-dealkylation sites (tertiary alicyclic amines) is 1. The van der Waals surface area contributed by atoms with Gasteiger partial charge in [0, 0.05) is 12.1 Å². The average molecular weight is 315 g/mol. The van der Waals surface area contributed by atoms with Crippen LogP contribution in [0.15, 0.2) is 47.1 Å². The first kappa shape index (κ1) is 15.6. The molecule has 0 spiro atoms. The summed E-state index contributed by atoms with van der Waals surface area (Å²) in [6.07, 6.45) is 4.19. The number of benzene rings is 1. The van der Waals surface area contributed by atoms with Crippen molar-refractivity contribution < 1.29 is 19.1 Å². The topological polar surface area (TPSA) is 62.9 Å². The van der Waals surface area contributed by atoms with Crippen molar-refractivity contribution in [1.82, 2.24) is 4.90 Å². The molecule has 0 saturated carbocycles. The number of rotatable bonds is 5. The van der Waals surface area contributed by atoms with Gasteiger partial charge in [-0.1, -0.05) is 24.6 Å². The number of furan rings is 1. The summed E-state index contributed by atoms with van der Waals surface area (Å²) in [5.41, 5.74) is 0.929. The Labute approximate surface area is 135 Å². The molecule has 2 unspecified atom stereocenters. The van der Waals surface area contributed by atoms with E-state index in [1.165, 1.54) is 0 Å². The molecule has 122 valence electrons. The van der Waals surface area contributed by atoms with Crippen molar-refractivity contribution in [1.29, 1.82) is 0 Å². The molecule has 0 radical (unpaired) electrons. The van der Waals surface area contributed by atoms with Crippen LogP contribution in [0.4, 0.5) is 0 Å². The summed E-state index contributed by atoms with van der Waals surface area (Å²) in [4.78, 5) is 13.7. The van der Waals surface area contributed by atoms with Crippen LogP contribution in [0.1, 0.15) is 36.6 Å². The number of piperidine rings is 1. The molecule has 3 rings (SSSR count). The summed E-state index contributed by atoms with van der Waals surface area (Å²) in [5, 5.41) is 9.62. The van der Waals surface area contributed by atoms with E-state index in [1.54, 1.807) is 13.4 Å². The van der Waals surface area contributed by atoms with Gasteiger partial charge in [0.2, 0.25) is 0 Å². The van der Waals surface area contributed by atoms with Crippen LogP contribution in [0.2, 0.25) is 0 Å². The molecule has 5 nitrogen and oxygen atoms in total. The standard InChI is InChI=1S/C18H21NO4/c1-22-15-9-3-2-7-13(15)17(16-10-6-12-23-16)19-11-5-4-8-14(19)18(20)21/h2-3,6-7,9-10,12,14,17H,4-5,8,11H2,1H3,(H,20,21). The van der Waals surface area contributed by atoms with Crippen molar-refractivity contribution in [2.45, 2.75) is 31.3 Å². The normalized spacial score (nSPS) is 20.1. The van der Waals surface area contributed by atoms with E-state index in [9.17, 15) is 9.90 Å². The Balaban J connectivity index is 2.07. The lowest BCUT2D eigenvalue weighted by molar-refractivity contribution is -0.145. The van der Waals surface area contributed by atoms with Crippen LogP contribution < -0.4 is 4.74 Å². The van der Waals surface area contributed by atoms with Gasteiger partial charge in [-0.2, -0.15) is 0 Å². The molecule has 1 N–H and O–H groups in total.